The zero-order valence-electron chi connectivity index (χ0n) is 10.8. The van der Waals surface area contributed by atoms with Gasteiger partial charge in [-0.15, -0.1) is 12.4 Å². The molecule has 0 heterocycles. The molecule has 0 aliphatic rings. The second-order valence-corrected chi connectivity index (χ2v) is 5.31. The lowest BCUT2D eigenvalue weighted by Crippen LogP contribution is -2.48. The lowest BCUT2D eigenvalue weighted by molar-refractivity contribution is -0.131. The van der Waals surface area contributed by atoms with Crippen LogP contribution >= 0.6 is 24.2 Å². The van der Waals surface area contributed by atoms with Gasteiger partial charge in [0.15, 0.2) is 0 Å². The van der Waals surface area contributed by atoms with Crippen LogP contribution in [0, 0.1) is 0 Å². The summed E-state index contributed by atoms with van der Waals surface area (Å²) in [6.45, 7) is 5.96. The maximum atomic E-state index is 11.5. The highest BCUT2D eigenvalue weighted by Crippen LogP contribution is 2.06. The van der Waals surface area contributed by atoms with Crippen molar-refractivity contribution in [1.82, 2.24) is 5.32 Å². The van der Waals surface area contributed by atoms with Crippen LogP contribution in [0.4, 0.5) is 0 Å². The number of aliphatic hydroxyl groups excluding tert-OH is 1. The zero-order valence-corrected chi connectivity index (χ0v) is 12.4. The maximum absolute atomic E-state index is 11.5. The highest BCUT2D eigenvalue weighted by Gasteiger charge is 2.23. The van der Waals surface area contributed by atoms with Crippen LogP contribution in [0.1, 0.15) is 33.6 Å². The number of nitrogens with two attached hydrogens (primary N) is 1. The van der Waals surface area contributed by atoms with Crippen LogP contribution in [0.3, 0.4) is 0 Å². The summed E-state index contributed by atoms with van der Waals surface area (Å²) in [5.74, 6) is 1.55. The third-order valence-electron chi connectivity index (χ3n) is 2.47. The van der Waals surface area contributed by atoms with Crippen molar-refractivity contribution in [2.75, 3.05) is 11.5 Å². The highest BCUT2D eigenvalue weighted by molar-refractivity contribution is 7.99. The first kappa shape index (κ1) is 19.4. The van der Waals surface area contributed by atoms with Gasteiger partial charge in [-0.1, -0.05) is 13.8 Å². The summed E-state index contributed by atoms with van der Waals surface area (Å²) >= 11 is 1.76. The van der Waals surface area contributed by atoms with Crippen molar-refractivity contribution in [3.8, 4) is 0 Å². The van der Waals surface area contributed by atoms with Gasteiger partial charge in [0, 0.05) is 12.1 Å². The number of aliphatic hydroxyl groups is 1. The third kappa shape index (κ3) is 8.71. The van der Waals surface area contributed by atoms with Crippen molar-refractivity contribution in [3.63, 3.8) is 0 Å². The van der Waals surface area contributed by atoms with Crippen molar-refractivity contribution < 1.29 is 9.90 Å². The van der Waals surface area contributed by atoms with Crippen LogP contribution < -0.4 is 11.1 Å². The SMILES string of the molecule is CCSCC[C@@H](N)C(O)C(=O)NC(C)CC.Cl. The molecule has 0 spiro atoms. The van der Waals surface area contributed by atoms with E-state index in [-0.39, 0.29) is 24.4 Å². The molecule has 6 heteroatoms. The van der Waals surface area contributed by atoms with Crippen LogP contribution in [0.2, 0.25) is 0 Å². The summed E-state index contributed by atoms with van der Waals surface area (Å²) in [4.78, 5) is 11.5. The Hall–Kier alpha value is 0.0300. The lowest BCUT2D eigenvalue weighted by atomic mass is 10.1. The van der Waals surface area contributed by atoms with E-state index in [1.54, 1.807) is 11.8 Å². The molecule has 4 N–H and O–H groups in total. The first-order chi connectivity index (χ1) is 7.52. The van der Waals surface area contributed by atoms with Gasteiger partial charge >= 0.3 is 0 Å². The van der Waals surface area contributed by atoms with Crippen LogP contribution in [-0.4, -0.2) is 40.7 Å². The van der Waals surface area contributed by atoms with Gasteiger partial charge in [-0.2, -0.15) is 11.8 Å². The van der Waals surface area contributed by atoms with E-state index in [1.807, 2.05) is 13.8 Å². The van der Waals surface area contributed by atoms with Gasteiger partial charge in [0.25, 0.3) is 5.91 Å². The molecule has 0 rings (SSSR count). The Morgan fingerprint density at radius 3 is 2.53 bits per heavy atom. The van der Waals surface area contributed by atoms with Gasteiger partial charge in [-0.25, -0.2) is 0 Å². The molecule has 3 atom stereocenters. The number of thioether (sulfide) groups is 1. The molecule has 104 valence electrons. The van der Waals surface area contributed by atoms with Crippen molar-refractivity contribution >= 4 is 30.1 Å². The van der Waals surface area contributed by atoms with Crippen LogP contribution in [0.5, 0.6) is 0 Å². The molecule has 0 bridgehead atoms. The van der Waals surface area contributed by atoms with Crippen molar-refractivity contribution in [3.05, 3.63) is 0 Å². The van der Waals surface area contributed by atoms with E-state index in [0.29, 0.717) is 6.42 Å². The third-order valence-corrected chi connectivity index (χ3v) is 3.41. The fourth-order valence-corrected chi connectivity index (χ4v) is 1.87. The molecule has 4 nitrogen and oxygen atoms in total. The van der Waals surface area contributed by atoms with E-state index in [0.717, 1.165) is 17.9 Å². The molecular formula is C11H25ClN2O2S. The molecule has 0 aliphatic carbocycles. The topological polar surface area (TPSA) is 75.3 Å². The molecular weight excluding hydrogens is 260 g/mol. The van der Waals surface area contributed by atoms with Gasteiger partial charge in [0.05, 0.1) is 0 Å². The van der Waals surface area contributed by atoms with E-state index in [9.17, 15) is 9.90 Å². The number of amides is 1. The summed E-state index contributed by atoms with van der Waals surface area (Å²) in [5.41, 5.74) is 5.75. The quantitative estimate of drug-likeness (QED) is 0.585. The van der Waals surface area contributed by atoms with E-state index in [4.69, 9.17) is 5.73 Å². The number of nitrogens with one attached hydrogen (secondary N) is 1. The first-order valence-corrected chi connectivity index (χ1v) is 7.00. The Balaban J connectivity index is 0. The van der Waals surface area contributed by atoms with Gasteiger partial charge in [0.2, 0.25) is 0 Å². The molecule has 0 aromatic carbocycles. The predicted octanol–water partition coefficient (Wildman–Crippen LogP) is 1.15. The Morgan fingerprint density at radius 1 is 1.47 bits per heavy atom. The molecule has 0 fully saturated rings. The van der Waals surface area contributed by atoms with Gasteiger partial charge < -0.3 is 16.2 Å². The second-order valence-electron chi connectivity index (χ2n) is 3.91. The fourth-order valence-electron chi connectivity index (χ4n) is 1.15. The van der Waals surface area contributed by atoms with Crippen LogP contribution in [0.15, 0.2) is 0 Å². The molecule has 17 heavy (non-hydrogen) atoms. The molecule has 0 aromatic heterocycles. The lowest BCUT2D eigenvalue weighted by Gasteiger charge is -2.20. The minimum atomic E-state index is -1.09. The van der Waals surface area contributed by atoms with Crippen LogP contribution in [0.25, 0.3) is 0 Å². The summed E-state index contributed by atoms with van der Waals surface area (Å²) in [6, 6.07) is -0.387. The molecule has 0 aromatic rings. The number of hydrogen-bond donors (Lipinski definition) is 3. The fraction of sp³-hybridized carbons (Fsp3) is 0.909. The van der Waals surface area contributed by atoms with Crippen molar-refractivity contribution in [2.45, 2.75) is 51.8 Å². The Labute approximate surface area is 115 Å². The maximum Gasteiger partial charge on any atom is 0.250 e. The smallest absolute Gasteiger partial charge is 0.250 e. The van der Waals surface area contributed by atoms with Crippen molar-refractivity contribution in [2.24, 2.45) is 5.73 Å². The standard InChI is InChI=1S/C11H24N2O2S.ClH/c1-4-8(3)13-11(15)10(14)9(12)6-7-16-5-2;/h8-10,14H,4-7,12H2,1-3H3,(H,13,15);1H/t8?,9-,10?;/m1./s1. The summed E-state index contributed by atoms with van der Waals surface area (Å²) in [6.07, 6.45) is 0.416. The summed E-state index contributed by atoms with van der Waals surface area (Å²) in [7, 11) is 0. The Morgan fingerprint density at radius 2 is 2.06 bits per heavy atom. The largest absolute Gasteiger partial charge is 0.382 e. The van der Waals surface area contributed by atoms with E-state index < -0.39 is 12.1 Å². The normalized spacial score (nSPS) is 15.6. The number of hydrogen-bond acceptors (Lipinski definition) is 4. The molecule has 0 saturated heterocycles. The molecule has 0 radical (unpaired) electrons. The average Bonchev–Trinajstić information content (AvgIpc) is 2.27. The minimum absolute atomic E-state index is 0. The predicted molar refractivity (Wildman–Crippen MR) is 76.7 cm³/mol. The molecule has 1 amide bonds. The van der Waals surface area contributed by atoms with E-state index in [2.05, 4.69) is 12.2 Å². The zero-order chi connectivity index (χ0) is 12.6. The van der Waals surface area contributed by atoms with Crippen molar-refractivity contribution in [1.29, 1.82) is 0 Å². The van der Waals surface area contributed by atoms with Gasteiger partial charge in [-0.3, -0.25) is 4.79 Å². The molecule has 2 unspecified atom stereocenters. The Bertz CT molecular complexity index is 208. The first-order valence-electron chi connectivity index (χ1n) is 5.84. The molecule has 0 aliphatic heterocycles. The van der Waals surface area contributed by atoms with Crippen LogP contribution in [-0.2, 0) is 4.79 Å². The number of carbonyl (C=O) groups excluding carboxylic acids is 1. The number of carbonyl (C=O) groups is 1. The average molecular weight is 285 g/mol. The second kappa shape index (κ2) is 11.1. The monoisotopic (exact) mass is 284 g/mol. The summed E-state index contributed by atoms with van der Waals surface area (Å²) in [5, 5.41) is 12.4. The Kier molecular flexibility index (Phi) is 12.7. The van der Waals surface area contributed by atoms with Gasteiger partial charge in [0.1, 0.15) is 6.10 Å². The number of rotatable bonds is 8. The van der Waals surface area contributed by atoms with E-state index in [1.165, 1.54) is 0 Å². The highest BCUT2D eigenvalue weighted by atomic mass is 35.5. The van der Waals surface area contributed by atoms with Gasteiger partial charge in [-0.05, 0) is 31.3 Å². The minimum Gasteiger partial charge on any atom is -0.382 e. The number of halogens is 1. The van der Waals surface area contributed by atoms with E-state index >= 15 is 0 Å². The molecule has 0 saturated carbocycles. The summed E-state index contributed by atoms with van der Waals surface area (Å²) < 4.78 is 0.